The minimum atomic E-state index is -0.306. The molecule has 2 aromatic rings. The Balaban J connectivity index is 0.000000396. The highest BCUT2D eigenvalue weighted by atomic mass is 16.7. The Morgan fingerprint density at radius 2 is 1.91 bits per heavy atom. The third kappa shape index (κ3) is 7.11. The predicted molar refractivity (Wildman–Crippen MR) is 131 cm³/mol. The number of nitrogens with zero attached hydrogens (tertiary/aromatic N) is 4. The van der Waals surface area contributed by atoms with Crippen LogP contribution in [0.2, 0.25) is 0 Å². The molecule has 3 heterocycles. The van der Waals surface area contributed by atoms with Gasteiger partial charge in [0.1, 0.15) is 17.3 Å². The van der Waals surface area contributed by atoms with Crippen molar-refractivity contribution < 1.29 is 19.0 Å². The highest BCUT2D eigenvalue weighted by Crippen LogP contribution is 2.31. The van der Waals surface area contributed by atoms with Crippen LogP contribution in [0.25, 0.3) is 11.5 Å². The zero-order valence-corrected chi connectivity index (χ0v) is 21.4. The maximum atomic E-state index is 12.4. The summed E-state index contributed by atoms with van der Waals surface area (Å²) in [4.78, 5) is 28.1. The number of ether oxygens (including phenoxy) is 3. The van der Waals surface area contributed by atoms with E-state index in [2.05, 4.69) is 10.3 Å². The highest BCUT2D eigenvalue weighted by molar-refractivity contribution is 5.82. The molecule has 2 aliphatic rings. The van der Waals surface area contributed by atoms with Gasteiger partial charge in [0, 0.05) is 36.1 Å². The van der Waals surface area contributed by atoms with Gasteiger partial charge in [-0.2, -0.15) is 0 Å². The molecule has 0 spiro atoms. The number of fused-ring (bicyclic) bond motifs is 1. The van der Waals surface area contributed by atoms with Gasteiger partial charge in [-0.05, 0) is 59.9 Å². The Hall–Kier alpha value is -2.78. The summed E-state index contributed by atoms with van der Waals surface area (Å²) in [6, 6.07) is 3.62. The number of aromatic nitrogens is 3. The van der Waals surface area contributed by atoms with Crippen molar-refractivity contribution >= 4 is 11.7 Å². The van der Waals surface area contributed by atoms with Crippen LogP contribution in [0, 0.1) is 0 Å². The van der Waals surface area contributed by atoms with E-state index in [1.165, 1.54) is 0 Å². The van der Waals surface area contributed by atoms with Crippen LogP contribution in [0.5, 0.6) is 5.75 Å². The second-order valence-corrected chi connectivity index (χ2v) is 9.98. The number of rotatable bonds is 5. The van der Waals surface area contributed by atoms with Crippen LogP contribution in [0.3, 0.4) is 0 Å². The maximum Gasteiger partial charge on any atom is 0.239 e. The van der Waals surface area contributed by atoms with Crippen LogP contribution < -0.4 is 15.0 Å². The first kappa shape index (κ1) is 25.8. The van der Waals surface area contributed by atoms with Crippen LogP contribution in [0.15, 0.2) is 18.3 Å². The van der Waals surface area contributed by atoms with Gasteiger partial charge in [0.2, 0.25) is 5.91 Å². The number of nitrogens with one attached hydrogen (secondary N) is 1. The molecular formula is C25H37N5O4. The van der Waals surface area contributed by atoms with E-state index in [4.69, 9.17) is 24.2 Å². The van der Waals surface area contributed by atoms with E-state index in [0.29, 0.717) is 17.3 Å². The smallest absolute Gasteiger partial charge is 0.239 e. The molecule has 2 aromatic heterocycles. The minimum absolute atomic E-state index is 0.0311. The van der Waals surface area contributed by atoms with Gasteiger partial charge in [0.15, 0.2) is 11.6 Å². The molecule has 1 amide bonds. The quantitative estimate of drug-likeness (QED) is 0.710. The van der Waals surface area contributed by atoms with Crippen molar-refractivity contribution in [2.24, 2.45) is 0 Å². The SMILES string of the molecule is CC1(C)OCCO1.COc1ccnc(-c2nc3c(c(N(C)CC(=O)NC(C)(C)C)n2)CCC3)c1. The molecule has 0 bridgehead atoms. The van der Waals surface area contributed by atoms with Gasteiger partial charge in [-0.3, -0.25) is 9.78 Å². The molecule has 1 aliphatic heterocycles. The van der Waals surface area contributed by atoms with Gasteiger partial charge >= 0.3 is 0 Å². The lowest BCUT2D eigenvalue weighted by Gasteiger charge is -2.25. The van der Waals surface area contributed by atoms with Crippen LogP contribution in [0.4, 0.5) is 5.82 Å². The summed E-state index contributed by atoms with van der Waals surface area (Å²) < 4.78 is 15.5. The summed E-state index contributed by atoms with van der Waals surface area (Å²) in [7, 11) is 3.52. The van der Waals surface area contributed by atoms with E-state index in [1.807, 2.05) is 52.6 Å². The first-order valence-corrected chi connectivity index (χ1v) is 11.7. The second-order valence-electron chi connectivity index (χ2n) is 9.98. The minimum Gasteiger partial charge on any atom is -0.497 e. The standard InChI is InChI=1S/C20H27N5O2.C5H10O2/c1-20(2,3)24-17(26)12-25(4)19-14-7-6-8-15(14)22-18(23-19)16-11-13(27-5)9-10-21-16;1-5(2)6-3-4-7-5/h9-11H,6-8,12H2,1-5H3,(H,24,26);3-4H2,1-2H3. The Bertz CT molecular complexity index is 995. The molecule has 1 aliphatic carbocycles. The molecule has 4 rings (SSSR count). The molecular weight excluding hydrogens is 434 g/mol. The van der Waals surface area contributed by atoms with Crippen LogP contribution in [-0.4, -0.2) is 66.1 Å². The topological polar surface area (TPSA) is 98.7 Å². The number of hydrogen-bond acceptors (Lipinski definition) is 8. The summed E-state index contributed by atoms with van der Waals surface area (Å²) in [6.45, 7) is 11.5. The summed E-state index contributed by atoms with van der Waals surface area (Å²) in [6.07, 6.45) is 4.59. The van der Waals surface area contributed by atoms with Gasteiger partial charge in [0.25, 0.3) is 0 Å². The molecule has 0 aromatic carbocycles. The van der Waals surface area contributed by atoms with E-state index >= 15 is 0 Å². The molecule has 1 fully saturated rings. The number of pyridine rings is 1. The van der Waals surface area contributed by atoms with Crippen molar-refractivity contribution in [2.45, 2.75) is 65.2 Å². The lowest BCUT2D eigenvalue weighted by Crippen LogP contribution is -2.45. The average Bonchev–Trinajstić information content (AvgIpc) is 3.40. The van der Waals surface area contributed by atoms with Crippen molar-refractivity contribution in [3.8, 4) is 17.3 Å². The zero-order chi connectivity index (χ0) is 24.9. The number of amides is 1. The molecule has 9 heteroatoms. The monoisotopic (exact) mass is 471 g/mol. The second kappa shape index (κ2) is 10.7. The number of anilines is 1. The van der Waals surface area contributed by atoms with Crippen molar-refractivity contribution in [1.29, 1.82) is 0 Å². The van der Waals surface area contributed by atoms with Gasteiger partial charge in [0.05, 0.1) is 26.9 Å². The molecule has 0 radical (unpaired) electrons. The first-order chi connectivity index (χ1) is 16.0. The summed E-state index contributed by atoms with van der Waals surface area (Å²) in [5.41, 5.74) is 2.58. The number of methoxy groups -OCH3 is 1. The molecule has 9 nitrogen and oxygen atoms in total. The third-order valence-corrected chi connectivity index (χ3v) is 5.35. The molecule has 34 heavy (non-hydrogen) atoms. The zero-order valence-electron chi connectivity index (χ0n) is 21.4. The first-order valence-electron chi connectivity index (χ1n) is 11.7. The van der Waals surface area contributed by atoms with E-state index in [0.717, 1.165) is 49.6 Å². The van der Waals surface area contributed by atoms with Crippen molar-refractivity contribution in [3.05, 3.63) is 29.6 Å². The van der Waals surface area contributed by atoms with E-state index in [-0.39, 0.29) is 23.8 Å². The Morgan fingerprint density at radius 3 is 2.50 bits per heavy atom. The Labute approximate surface area is 202 Å². The van der Waals surface area contributed by atoms with Crippen molar-refractivity contribution in [2.75, 3.05) is 38.8 Å². The van der Waals surface area contributed by atoms with Gasteiger partial charge in [-0.15, -0.1) is 0 Å². The molecule has 1 saturated heterocycles. The fraction of sp³-hybridized carbons (Fsp3) is 0.600. The Morgan fingerprint density at radius 1 is 1.21 bits per heavy atom. The molecule has 0 unspecified atom stereocenters. The normalized spacial score (nSPS) is 16.3. The van der Waals surface area contributed by atoms with Gasteiger partial charge in [-0.1, -0.05) is 0 Å². The van der Waals surface area contributed by atoms with Crippen molar-refractivity contribution in [1.82, 2.24) is 20.3 Å². The fourth-order valence-corrected chi connectivity index (χ4v) is 3.87. The van der Waals surface area contributed by atoms with Crippen LogP contribution in [-0.2, 0) is 27.1 Å². The third-order valence-electron chi connectivity index (χ3n) is 5.35. The summed E-state index contributed by atoms with van der Waals surface area (Å²) in [5, 5.41) is 3.00. The van der Waals surface area contributed by atoms with E-state index in [9.17, 15) is 4.79 Å². The molecule has 0 atom stereocenters. The fourth-order valence-electron chi connectivity index (χ4n) is 3.87. The Kier molecular flexibility index (Phi) is 8.09. The number of hydrogen-bond donors (Lipinski definition) is 1. The van der Waals surface area contributed by atoms with Crippen LogP contribution in [0.1, 0.15) is 52.3 Å². The lowest BCUT2D eigenvalue weighted by atomic mass is 10.1. The molecule has 1 N–H and O–H groups in total. The maximum absolute atomic E-state index is 12.4. The number of likely N-dealkylation sites (N-methyl/N-ethyl adjacent to an activating group) is 1. The number of aryl methyl sites for hydroxylation is 1. The summed E-state index contributed by atoms with van der Waals surface area (Å²) >= 11 is 0. The van der Waals surface area contributed by atoms with E-state index < -0.39 is 0 Å². The number of carbonyl (C=O) groups is 1. The van der Waals surface area contributed by atoms with Crippen molar-refractivity contribution in [3.63, 3.8) is 0 Å². The predicted octanol–water partition coefficient (Wildman–Crippen LogP) is 3.16. The lowest BCUT2D eigenvalue weighted by molar-refractivity contribution is -0.125. The molecule has 186 valence electrons. The largest absolute Gasteiger partial charge is 0.497 e. The number of carbonyl (C=O) groups excluding carboxylic acids is 1. The average molecular weight is 472 g/mol. The summed E-state index contributed by atoms with van der Waals surface area (Å²) in [5.74, 6) is 1.74. The van der Waals surface area contributed by atoms with Gasteiger partial charge in [-0.25, -0.2) is 9.97 Å². The molecule has 0 saturated carbocycles. The van der Waals surface area contributed by atoms with Gasteiger partial charge < -0.3 is 24.4 Å². The van der Waals surface area contributed by atoms with Crippen LogP contribution >= 0.6 is 0 Å². The highest BCUT2D eigenvalue weighted by Gasteiger charge is 2.25. The van der Waals surface area contributed by atoms with E-state index in [1.54, 1.807) is 19.4 Å².